The van der Waals surface area contributed by atoms with Gasteiger partial charge in [-0.05, 0) is 110 Å². The van der Waals surface area contributed by atoms with Gasteiger partial charge in [0.1, 0.15) is 71.6 Å². The number of phenolic OH excluding ortho intramolecular Hbond substituents is 3. The quantitative estimate of drug-likeness (QED) is 0.0378. The first-order chi connectivity index (χ1) is 41.6. The van der Waals surface area contributed by atoms with E-state index in [1.54, 1.807) is 20.8 Å². The lowest BCUT2D eigenvalue weighted by molar-refractivity contribution is -0.145. The molecule has 3 aromatic rings. The van der Waals surface area contributed by atoms with Crippen LogP contribution in [0.2, 0.25) is 0 Å². The number of amides is 9. The number of carboxylic acids is 3. The normalized spacial score (nSPS) is 17.6. The molecule has 2 heterocycles. The van der Waals surface area contributed by atoms with Crippen molar-refractivity contribution in [3.8, 4) is 17.2 Å². The first-order valence-corrected chi connectivity index (χ1v) is 29.1. The Kier molecular flexibility index (Phi) is 26.0. The van der Waals surface area contributed by atoms with Crippen molar-refractivity contribution < 1.29 is 88.2 Å². The van der Waals surface area contributed by atoms with Gasteiger partial charge in [0.2, 0.25) is 53.2 Å². The average Bonchev–Trinajstić information content (AvgIpc) is 3.74. The fraction of sp³-hybridized carbons (Fsp3) is 0.500. The molecule has 11 atom stereocenters. The van der Waals surface area contributed by atoms with Gasteiger partial charge in [-0.1, -0.05) is 70.5 Å². The van der Waals surface area contributed by atoms with Gasteiger partial charge in [0.15, 0.2) is 0 Å². The van der Waals surface area contributed by atoms with Crippen LogP contribution in [0.3, 0.4) is 0 Å². The maximum atomic E-state index is 14.6. The van der Waals surface area contributed by atoms with Crippen LogP contribution in [0.15, 0.2) is 72.8 Å². The zero-order chi connectivity index (χ0) is 64.9. The van der Waals surface area contributed by atoms with Crippen LogP contribution in [-0.2, 0) is 76.8 Å². The lowest BCUT2D eigenvalue weighted by atomic mass is 9.96. The second-order valence-corrected chi connectivity index (χ2v) is 22.6. The summed E-state index contributed by atoms with van der Waals surface area (Å²) in [7, 11) is 0. The monoisotopic (exact) mass is 1230 g/mol. The molecule has 3 aromatic carbocycles. The molecule has 2 saturated heterocycles. The zero-order valence-electron chi connectivity index (χ0n) is 49.6. The Bertz CT molecular complexity index is 2980. The summed E-state index contributed by atoms with van der Waals surface area (Å²) in [5, 5.41) is 82.3. The lowest BCUT2D eigenvalue weighted by Crippen LogP contribution is -2.61. The highest BCUT2D eigenvalue weighted by molar-refractivity contribution is 6.00. The summed E-state index contributed by atoms with van der Waals surface area (Å²) in [6.07, 6.45) is -0.705. The predicted octanol–water partition coefficient (Wildman–Crippen LogP) is -0.401. The van der Waals surface area contributed by atoms with Crippen molar-refractivity contribution in [3.63, 3.8) is 0 Å². The number of nitrogens with one attached hydrogen (secondary N) is 9. The second-order valence-electron chi connectivity index (χ2n) is 22.6. The Hall–Kier alpha value is -9.34. The summed E-state index contributed by atoms with van der Waals surface area (Å²) in [5.41, 5.74) is 1.10. The second kappa shape index (κ2) is 33.0. The van der Waals surface area contributed by atoms with E-state index in [1.807, 2.05) is 6.92 Å². The minimum Gasteiger partial charge on any atom is -0.508 e. The molecule has 0 saturated carbocycles. The standard InChI is InChI=1S/C60H80N10O18/c1-6-32(4)50(69-52(79)40-9-7-23-61-40)59(86)70-24-8-10-47(70)58(85)67-45(30-49(76)77)56(83)65-43(27-35-13-19-38(72)20-14-35)55(82)64-42(26-34-11-17-37(71)18-12-34)53(80)62-33(5)51(78)63-41(25-31(2)3)54(81)66-44(29-48(74)75)57(84)68-46(60(87)88)28-36-15-21-39(73)22-16-36/h11-22,31-33,40-47,50,61,71-73H,6-10,23-30H2,1-5H3,(H,62,80)(H,63,78)(H,64,82)(H,65,83)(H,66,81)(H,67,85)(H,68,84)(H,69,79)(H,74,75)(H,76,77)(H,87,88)/t32-,33-,40-,41-,42-,43-,44-,45-,46-,47-,50-/m0/s1. The number of hydrogen-bond acceptors (Lipinski definition) is 16. The van der Waals surface area contributed by atoms with Crippen LogP contribution in [0, 0.1) is 11.8 Å². The summed E-state index contributed by atoms with van der Waals surface area (Å²) < 4.78 is 0. The van der Waals surface area contributed by atoms with Crippen molar-refractivity contribution in [1.82, 2.24) is 52.8 Å². The maximum absolute atomic E-state index is 14.6. The van der Waals surface area contributed by atoms with E-state index >= 15 is 0 Å². The van der Waals surface area contributed by atoms with Gasteiger partial charge in [-0.15, -0.1) is 0 Å². The Morgan fingerprint density at radius 1 is 0.500 bits per heavy atom. The van der Waals surface area contributed by atoms with Crippen molar-refractivity contribution in [3.05, 3.63) is 89.5 Å². The molecule has 9 amide bonds. The Labute approximate surface area is 507 Å². The van der Waals surface area contributed by atoms with Crippen LogP contribution < -0.4 is 47.9 Å². The Morgan fingerprint density at radius 3 is 1.36 bits per heavy atom. The highest BCUT2D eigenvalue weighted by atomic mass is 16.4. The van der Waals surface area contributed by atoms with Crippen LogP contribution in [-0.4, -0.2) is 180 Å². The number of carbonyl (C=O) groups excluding carboxylic acids is 9. The van der Waals surface area contributed by atoms with Gasteiger partial charge in [0, 0.05) is 25.8 Å². The van der Waals surface area contributed by atoms with E-state index in [1.165, 1.54) is 84.6 Å². The molecule has 0 unspecified atom stereocenters. The maximum Gasteiger partial charge on any atom is 0.326 e. The van der Waals surface area contributed by atoms with Crippen LogP contribution >= 0.6 is 0 Å². The smallest absolute Gasteiger partial charge is 0.326 e. The molecular formula is C60H80N10O18. The molecule has 0 aromatic heterocycles. The molecule has 28 heteroatoms. The first kappa shape index (κ1) is 69.4. The molecule has 15 N–H and O–H groups in total. The van der Waals surface area contributed by atoms with Crippen molar-refractivity contribution in [1.29, 1.82) is 0 Å². The number of aliphatic carboxylic acids is 3. The molecule has 0 radical (unpaired) electrons. The number of carbonyl (C=O) groups is 12. The van der Waals surface area contributed by atoms with E-state index < -0.39 is 138 Å². The summed E-state index contributed by atoms with van der Waals surface area (Å²) in [6, 6.07) is 2.13. The molecule has 28 nitrogen and oxygen atoms in total. The van der Waals surface area contributed by atoms with Crippen molar-refractivity contribution in [2.24, 2.45) is 11.8 Å². The number of aromatic hydroxyl groups is 3. The molecular weight excluding hydrogens is 1150 g/mol. The van der Waals surface area contributed by atoms with E-state index in [2.05, 4.69) is 47.9 Å². The number of phenols is 3. The number of carboxylic acid groups (broad SMARTS) is 3. The van der Waals surface area contributed by atoms with Gasteiger partial charge in [-0.2, -0.15) is 0 Å². The summed E-state index contributed by atoms with van der Waals surface area (Å²) in [6.45, 7) is 9.00. The van der Waals surface area contributed by atoms with Crippen molar-refractivity contribution >= 4 is 71.1 Å². The van der Waals surface area contributed by atoms with Crippen LogP contribution in [0.4, 0.5) is 0 Å². The van der Waals surface area contributed by atoms with Gasteiger partial charge < -0.3 is 83.4 Å². The van der Waals surface area contributed by atoms with Crippen molar-refractivity contribution in [2.75, 3.05) is 13.1 Å². The highest BCUT2D eigenvalue weighted by Crippen LogP contribution is 2.23. The number of nitrogens with zero attached hydrogens (tertiary/aromatic N) is 1. The summed E-state index contributed by atoms with van der Waals surface area (Å²) in [4.78, 5) is 164. The minimum absolute atomic E-state index is 0.0973. The SMILES string of the molecule is CC[C@H](C)[C@H](NC(=O)[C@@H]1CCCN1)C(=O)N1CCC[C@H]1C(=O)N[C@@H](CC(=O)O)C(=O)N[C@@H](Cc1ccc(O)cc1)C(=O)N[C@@H](Cc1ccc(O)cc1)C(=O)N[C@@H](C)C(=O)N[C@@H](CC(C)C)C(=O)N[C@@H](CC(=O)O)C(=O)N[C@@H](Cc1ccc(O)cc1)C(=O)O. The van der Waals surface area contributed by atoms with Crippen LogP contribution in [0.1, 0.15) is 103 Å². The fourth-order valence-corrected chi connectivity index (χ4v) is 10.1. The van der Waals surface area contributed by atoms with E-state index in [4.69, 9.17) is 0 Å². The van der Waals surface area contributed by atoms with Gasteiger partial charge in [0.25, 0.3) is 0 Å². The van der Waals surface area contributed by atoms with Gasteiger partial charge >= 0.3 is 17.9 Å². The topological polar surface area (TPSA) is 438 Å². The molecule has 5 rings (SSSR count). The van der Waals surface area contributed by atoms with Gasteiger partial charge in [-0.25, -0.2) is 4.79 Å². The summed E-state index contributed by atoms with van der Waals surface area (Å²) >= 11 is 0. The molecule has 0 bridgehead atoms. The molecule has 2 aliphatic heterocycles. The lowest BCUT2D eigenvalue weighted by Gasteiger charge is -2.32. The molecule has 2 fully saturated rings. The van der Waals surface area contributed by atoms with E-state index in [9.17, 15) is 88.2 Å². The van der Waals surface area contributed by atoms with E-state index in [0.717, 1.165) is 6.42 Å². The highest BCUT2D eigenvalue weighted by Gasteiger charge is 2.42. The number of benzene rings is 3. The number of hydrogen-bond donors (Lipinski definition) is 15. The minimum atomic E-state index is -1.85. The van der Waals surface area contributed by atoms with Gasteiger partial charge in [-0.3, -0.25) is 52.7 Å². The van der Waals surface area contributed by atoms with E-state index in [0.29, 0.717) is 42.5 Å². The number of likely N-dealkylation sites (tertiary alicyclic amines) is 1. The number of rotatable bonds is 32. The fourth-order valence-electron chi connectivity index (χ4n) is 10.1. The molecule has 88 heavy (non-hydrogen) atoms. The Balaban J connectivity index is 1.35. The van der Waals surface area contributed by atoms with E-state index in [-0.39, 0.29) is 73.6 Å². The third kappa shape index (κ3) is 21.3. The Morgan fingerprint density at radius 2 is 0.920 bits per heavy atom. The van der Waals surface area contributed by atoms with Crippen LogP contribution in [0.5, 0.6) is 17.2 Å². The largest absolute Gasteiger partial charge is 0.508 e. The van der Waals surface area contributed by atoms with Crippen LogP contribution in [0.25, 0.3) is 0 Å². The molecule has 0 spiro atoms. The first-order valence-electron chi connectivity index (χ1n) is 29.1. The zero-order valence-corrected chi connectivity index (χ0v) is 49.6. The molecule has 0 aliphatic carbocycles. The van der Waals surface area contributed by atoms with Crippen molar-refractivity contribution in [2.45, 2.75) is 166 Å². The predicted molar refractivity (Wildman–Crippen MR) is 313 cm³/mol. The summed E-state index contributed by atoms with van der Waals surface area (Å²) in [5.74, 6) is -13.8. The van der Waals surface area contributed by atoms with Gasteiger partial charge in [0.05, 0.1) is 18.9 Å². The third-order valence-electron chi connectivity index (χ3n) is 15.1. The molecule has 478 valence electrons. The molecule has 2 aliphatic rings. The average molecular weight is 1230 g/mol. The third-order valence-corrected chi connectivity index (χ3v) is 15.1.